The molecule has 1 aromatic rings. The molecule has 0 spiro atoms. The quantitative estimate of drug-likeness (QED) is 0.875. The van der Waals surface area contributed by atoms with Crippen molar-refractivity contribution in [3.8, 4) is 5.75 Å². The average Bonchev–Trinajstić information content (AvgIpc) is 3.02. The first-order chi connectivity index (χ1) is 10.0. The van der Waals surface area contributed by atoms with E-state index in [-0.39, 0.29) is 11.0 Å². The van der Waals surface area contributed by atoms with Crippen molar-refractivity contribution in [2.45, 2.75) is 58.1 Å². The van der Waals surface area contributed by atoms with Gasteiger partial charge < -0.3 is 15.2 Å². The highest BCUT2D eigenvalue weighted by Gasteiger charge is 2.34. The predicted octanol–water partition coefficient (Wildman–Crippen LogP) is 3.04. The first kappa shape index (κ1) is 14.9. The fourth-order valence-electron chi connectivity index (χ4n) is 3.80. The molecule has 2 aliphatic rings. The summed E-state index contributed by atoms with van der Waals surface area (Å²) < 4.78 is 6.11. The Morgan fingerprint density at radius 3 is 2.71 bits per heavy atom. The lowest BCUT2D eigenvalue weighted by molar-refractivity contribution is 0.126. The number of para-hydroxylation sites is 1. The van der Waals surface area contributed by atoms with Crippen LogP contribution in [-0.2, 0) is 13.0 Å². The van der Waals surface area contributed by atoms with Gasteiger partial charge in [-0.3, -0.25) is 0 Å². The fourth-order valence-corrected chi connectivity index (χ4v) is 3.80. The number of ether oxygens (including phenoxy) is 1. The number of nitrogens with one attached hydrogen (secondary N) is 1. The topological polar surface area (TPSA) is 41.5 Å². The van der Waals surface area contributed by atoms with Crippen LogP contribution < -0.4 is 10.1 Å². The second-order valence-electron chi connectivity index (χ2n) is 7.41. The van der Waals surface area contributed by atoms with E-state index in [2.05, 4.69) is 37.4 Å². The van der Waals surface area contributed by atoms with E-state index in [0.29, 0.717) is 6.61 Å². The molecule has 0 atom stereocenters. The molecular formula is C18H27NO2. The standard InChI is InChI=1S/C18H27NO2/c1-17(2)10-14-6-5-7-15(16(14)21-17)11-19-12-18(13-20)8-3-4-9-18/h5-7,19-20H,3-4,8-13H2,1-2H3. The lowest BCUT2D eigenvalue weighted by Crippen LogP contribution is -2.35. The summed E-state index contributed by atoms with van der Waals surface area (Å²) in [6.07, 6.45) is 5.77. The maximum absolute atomic E-state index is 9.67. The van der Waals surface area contributed by atoms with Gasteiger partial charge in [0.2, 0.25) is 0 Å². The van der Waals surface area contributed by atoms with Crippen LogP contribution in [0.4, 0.5) is 0 Å². The molecule has 2 N–H and O–H groups in total. The van der Waals surface area contributed by atoms with Gasteiger partial charge in [0.25, 0.3) is 0 Å². The number of fused-ring (bicyclic) bond motifs is 1. The van der Waals surface area contributed by atoms with E-state index >= 15 is 0 Å². The summed E-state index contributed by atoms with van der Waals surface area (Å²) in [5, 5.41) is 13.2. The molecule has 1 aliphatic carbocycles. The van der Waals surface area contributed by atoms with Crippen LogP contribution in [0, 0.1) is 5.41 Å². The largest absolute Gasteiger partial charge is 0.487 e. The van der Waals surface area contributed by atoms with E-state index in [1.54, 1.807) is 0 Å². The van der Waals surface area contributed by atoms with Gasteiger partial charge in [-0.05, 0) is 32.3 Å². The van der Waals surface area contributed by atoms with Gasteiger partial charge in [0, 0.05) is 37.1 Å². The lowest BCUT2D eigenvalue weighted by atomic mass is 9.87. The van der Waals surface area contributed by atoms with Crippen LogP contribution in [0.15, 0.2) is 18.2 Å². The van der Waals surface area contributed by atoms with Gasteiger partial charge in [-0.2, -0.15) is 0 Å². The molecule has 0 bridgehead atoms. The molecule has 1 aliphatic heterocycles. The predicted molar refractivity (Wildman–Crippen MR) is 84.5 cm³/mol. The van der Waals surface area contributed by atoms with Crippen LogP contribution in [0.3, 0.4) is 0 Å². The highest BCUT2D eigenvalue weighted by molar-refractivity contribution is 5.45. The molecule has 0 saturated heterocycles. The second kappa shape index (κ2) is 5.62. The Hall–Kier alpha value is -1.06. The van der Waals surface area contributed by atoms with Gasteiger partial charge in [-0.15, -0.1) is 0 Å². The molecule has 0 amide bonds. The Kier molecular flexibility index (Phi) is 3.98. The Bertz CT molecular complexity index is 504. The molecule has 21 heavy (non-hydrogen) atoms. The Labute approximate surface area is 127 Å². The third-order valence-corrected chi connectivity index (χ3v) is 4.99. The van der Waals surface area contributed by atoms with E-state index in [0.717, 1.165) is 38.1 Å². The number of aliphatic hydroxyl groups excluding tert-OH is 1. The Morgan fingerprint density at radius 2 is 2.00 bits per heavy atom. The van der Waals surface area contributed by atoms with Gasteiger partial charge in [-0.1, -0.05) is 31.0 Å². The maximum Gasteiger partial charge on any atom is 0.127 e. The lowest BCUT2D eigenvalue weighted by Gasteiger charge is -2.27. The van der Waals surface area contributed by atoms with Crippen molar-refractivity contribution >= 4 is 0 Å². The number of rotatable bonds is 5. The summed E-state index contributed by atoms with van der Waals surface area (Å²) in [5.41, 5.74) is 2.58. The first-order valence-corrected chi connectivity index (χ1v) is 8.15. The third kappa shape index (κ3) is 3.09. The zero-order valence-corrected chi connectivity index (χ0v) is 13.2. The summed E-state index contributed by atoms with van der Waals surface area (Å²) in [6.45, 7) is 6.31. The van der Waals surface area contributed by atoms with Crippen molar-refractivity contribution in [1.29, 1.82) is 0 Å². The van der Waals surface area contributed by atoms with E-state index in [4.69, 9.17) is 4.74 Å². The molecule has 0 unspecified atom stereocenters. The molecule has 3 rings (SSSR count). The van der Waals surface area contributed by atoms with E-state index < -0.39 is 0 Å². The molecule has 116 valence electrons. The van der Waals surface area contributed by atoms with Crippen molar-refractivity contribution < 1.29 is 9.84 Å². The second-order valence-corrected chi connectivity index (χ2v) is 7.41. The highest BCUT2D eigenvalue weighted by Crippen LogP contribution is 2.39. The van der Waals surface area contributed by atoms with Crippen LogP contribution in [0.1, 0.15) is 50.7 Å². The number of benzene rings is 1. The zero-order chi connectivity index (χ0) is 14.9. The van der Waals surface area contributed by atoms with E-state index in [9.17, 15) is 5.11 Å². The van der Waals surface area contributed by atoms with Crippen LogP contribution in [0.5, 0.6) is 5.75 Å². The molecule has 1 heterocycles. The minimum Gasteiger partial charge on any atom is -0.487 e. The van der Waals surface area contributed by atoms with Crippen LogP contribution in [0.2, 0.25) is 0 Å². The Balaban J connectivity index is 1.63. The molecule has 3 nitrogen and oxygen atoms in total. The van der Waals surface area contributed by atoms with Gasteiger partial charge in [0.1, 0.15) is 11.4 Å². The van der Waals surface area contributed by atoms with Crippen molar-refractivity contribution in [2.75, 3.05) is 13.2 Å². The summed E-state index contributed by atoms with van der Waals surface area (Å²) in [7, 11) is 0. The smallest absolute Gasteiger partial charge is 0.127 e. The normalized spacial score (nSPS) is 22.0. The minimum absolute atomic E-state index is 0.0871. The van der Waals surface area contributed by atoms with Crippen LogP contribution >= 0.6 is 0 Å². The molecule has 1 aromatic carbocycles. The van der Waals surface area contributed by atoms with Gasteiger partial charge >= 0.3 is 0 Å². The van der Waals surface area contributed by atoms with Gasteiger partial charge in [0.05, 0.1) is 0 Å². The molecule has 0 aromatic heterocycles. The zero-order valence-electron chi connectivity index (χ0n) is 13.2. The molecular weight excluding hydrogens is 262 g/mol. The Morgan fingerprint density at radius 1 is 1.24 bits per heavy atom. The van der Waals surface area contributed by atoms with E-state index in [1.165, 1.54) is 24.0 Å². The monoisotopic (exact) mass is 289 g/mol. The fraction of sp³-hybridized carbons (Fsp3) is 0.667. The van der Waals surface area contributed by atoms with E-state index in [1.807, 2.05) is 0 Å². The molecule has 3 heteroatoms. The maximum atomic E-state index is 9.67. The average molecular weight is 289 g/mol. The summed E-state index contributed by atoms with van der Waals surface area (Å²) >= 11 is 0. The molecule has 1 fully saturated rings. The molecule has 0 radical (unpaired) electrons. The third-order valence-electron chi connectivity index (χ3n) is 4.99. The van der Waals surface area contributed by atoms with Crippen molar-refractivity contribution in [1.82, 2.24) is 5.32 Å². The van der Waals surface area contributed by atoms with Gasteiger partial charge in [-0.25, -0.2) is 0 Å². The number of aliphatic hydroxyl groups is 1. The van der Waals surface area contributed by atoms with Crippen molar-refractivity contribution in [2.24, 2.45) is 5.41 Å². The SMILES string of the molecule is CC1(C)Cc2cccc(CNCC3(CO)CCCC3)c2O1. The summed E-state index contributed by atoms with van der Waals surface area (Å²) in [6, 6.07) is 6.44. The summed E-state index contributed by atoms with van der Waals surface area (Å²) in [4.78, 5) is 0. The van der Waals surface area contributed by atoms with Crippen molar-refractivity contribution in [3.05, 3.63) is 29.3 Å². The van der Waals surface area contributed by atoms with Gasteiger partial charge in [0.15, 0.2) is 0 Å². The highest BCUT2D eigenvalue weighted by atomic mass is 16.5. The van der Waals surface area contributed by atoms with Crippen molar-refractivity contribution in [3.63, 3.8) is 0 Å². The number of hydrogen-bond donors (Lipinski definition) is 2. The van der Waals surface area contributed by atoms with Crippen LogP contribution in [0.25, 0.3) is 0 Å². The molecule has 1 saturated carbocycles. The number of hydrogen-bond acceptors (Lipinski definition) is 3. The van der Waals surface area contributed by atoms with Crippen LogP contribution in [-0.4, -0.2) is 23.9 Å². The first-order valence-electron chi connectivity index (χ1n) is 8.15. The summed E-state index contributed by atoms with van der Waals surface area (Å²) in [5.74, 6) is 1.07. The minimum atomic E-state index is -0.0871.